The largest absolute Gasteiger partial charge is 0.333 e. The molecule has 0 radical (unpaired) electrons. The first-order valence-corrected chi connectivity index (χ1v) is 6.14. The second-order valence-corrected chi connectivity index (χ2v) is 4.98. The SMILES string of the molecule is CC(N)c1noc(-c2cc3ccccc3s2)n1. The van der Waals surface area contributed by atoms with Gasteiger partial charge in [-0.2, -0.15) is 4.98 Å². The van der Waals surface area contributed by atoms with E-state index >= 15 is 0 Å². The van der Waals surface area contributed by atoms with Crippen molar-refractivity contribution in [2.75, 3.05) is 0 Å². The Balaban J connectivity index is 2.07. The smallest absolute Gasteiger partial charge is 0.268 e. The fraction of sp³-hybridized carbons (Fsp3) is 0.167. The zero-order chi connectivity index (χ0) is 11.8. The van der Waals surface area contributed by atoms with Crippen molar-refractivity contribution < 1.29 is 4.52 Å². The van der Waals surface area contributed by atoms with E-state index in [0.29, 0.717) is 11.7 Å². The highest BCUT2D eigenvalue weighted by Gasteiger charge is 2.13. The summed E-state index contributed by atoms with van der Waals surface area (Å²) in [4.78, 5) is 5.26. The van der Waals surface area contributed by atoms with E-state index in [0.717, 1.165) is 4.88 Å². The van der Waals surface area contributed by atoms with Crippen LogP contribution in [-0.2, 0) is 0 Å². The molecule has 1 aromatic carbocycles. The molecule has 0 bridgehead atoms. The van der Waals surface area contributed by atoms with Crippen LogP contribution in [-0.4, -0.2) is 10.1 Å². The molecule has 0 aliphatic heterocycles. The van der Waals surface area contributed by atoms with E-state index in [1.807, 2.05) is 19.1 Å². The van der Waals surface area contributed by atoms with Crippen LogP contribution in [0.3, 0.4) is 0 Å². The quantitative estimate of drug-likeness (QED) is 0.753. The maximum Gasteiger partial charge on any atom is 0.268 e. The molecule has 0 aliphatic rings. The molecule has 3 aromatic rings. The highest BCUT2D eigenvalue weighted by molar-refractivity contribution is 7.22. The first kappa shape index (κ1) is 10.4. The number of thiophene rings is 1. The molecule has 0 saturated carbocycles. The van der Waals surface area contributed by atoms with Gasteiger partial charge in [-0.15, -0.1) is 11.3 Å². The van der Waals surface area contributed by atoms with Crippen LogP contribution in [0.1, 0.15) is 18.8 Å². The molecule has 1 unspecified atom stereocenters. The molecule has 2 N–H and O–H groups in total. The van der Waals surface area contributed by atoms with E-state index in [2.05, 4.69) is 28.3 Å². The van der Waals surface area contributed by atoms with Gasteiger partial charge in [-0.3, -0.25) is 0 Å². The van der Waals surface area contributed by atoms with Gasteiger partial charge in [0.2, 0.25) is 0 Å². The lowest BCUT2D eigenvalue weighted by Gasteiger charge is -1.92. The van der Waals surface area contributed by atoms with Crippen LogP contribution in [0.5, 0.6) is 0 Å². The molecule has 2 aromatic heterocycles. The van der Waals surface area contributed by atoms with Gasteiger partial charge in [-0.25, -0.2) is 0 Å². The minimum atomic E-state index is -0.207. The van der Waals surface area contributed by atoms with E-state index in [4.69, 9.17) is 10.3 Å². The molecule has 1 atom stereocenters. The Labute approximate surface area is 102 Å². The van der Waals surface area contributed by atoms with E-state index < -0.39 is 0 Å². The fourth-order valence-corrected chi connectivity index (χ4v) is 2.59. The summed E-state index contributed by atoms with van der Waals surface area (Å²) < 4.78 is 6.42. The third-order valence-electron chi connectivity index (χ3n) is 2.49. The van der Waals surface area contributed by atoms with Crippen LogP contribution in [0.15, 0.2) is 34.9 Å². The maximum absolute atomic E-state index is 5.70. The van der Waals surface area contributed by atoms with Crippen molar-refractivity contribution >= 4 is 21.4 Å². The molecule has 17 heavy (non-hydrogen) atoms. The molecule has 5 heteroatoms. The van der Waals surface area contributed by atoms with Crippen LogP contribution < -0.4 is 5.73 Å². The van der Waals surface area contributed by atoms with Crippen molar-refractivity contribution in [1.29, 1.82) is 0 Å². The van der Waals surface area contributed by atoms with Gasteiger partial charge in [0.05, 0.1) is 10.9 Å². The highest BCUT2D eigenvalue weighted by atomic mass is 32.1. The molecule has 86 valence electrons. The van der Waals surface area contributed by atoms with Crippen LogP contribution in [0, 0.1) is 0 Å². The standard InChI is InChI=1S/C12H11N3OS/c1-7(13)11-14-12(16-15-11)10-6-8-4-2-3-5-9(8)17-10/h2-7H,13H2,1H3. The van der Waals surface area contributed by atoms with Gasteiger partial charge >= 0.3 is 0 Å². The van der Waals surface area contributed by atoms with Crippen LogP contribution in [0.4, 0.5) is 0 Å². The topological polar surface area (TPSA) is 64.9 Å². The molecule has 2 heterocycles. The van der Waals surface area contributed by atoms with E-state index in [1.54, 1.807) is 11.3 Å². The third-order valence-corrected chi connectivity index (χ3v) is 3.59. The number of aromatic nitrogens is 2. The Kier molecular flexibility index (Phi) is 2.42. The lowest BCUT2D eigenvalue weighted by atomic mass is 10.2. The zero-order valence-electron chi connectivity index (χ0n) is 9.25. The highest BCUT2D eigenvalue weighted by Crippen LogP contribution is 2.32. The van der Waals surface area contributed by atoms with Gasteiger partial charge in [0.25, 0.3) is 5.89 Å². The lowest BCUT2D eigenvalue weighted by molar-refractivity contribution is 0.419. The summed E-state index contributed by atoms with van der Waals surface area (Å²) in [5.41, 5.74) is 5.70. The summed E-state index contributed by atoms with van der Waals surface area (Å²) >= 11 is 1.64. The van der Waals surface area contributed by atoms with Gasteiger partial charge in [0.15, 0.2) is 5.82 Å². The average Bonchev–Trinajstić information content (AvgIpc) is 2.95. The summed E-state index contributed by atoms with van der Waals surface area (Å²) in [6.45, 7) is 1.83. The third kappa shape index (κ3) is 1.83. The predicted molar refractivity (Wildman–Crippen MR) is 67.7 cm³/mol. The molecule has 0 fully saturated rings. The number of hydrogen-bond donors (Lipinski definition) is 1. The summed E-state index contributed by atoms with van der Waals surface area (Å²) in [7, 11) is 0. The lowest BCUT2D eigenvalue weighted by Crippen LogP contribution is -2.06. The van der Waals surface area contributed by atoms with E-state index in [1.165, 1.54) is 10.1 Å². The maximum atomic E-state index is 5.70. The van der Waals surface area contributed by atoms with Crippen LogP contribution in [0.2, 0.25) is 0 Å². The van der Waals surface area contributed by atoms with Crippen LogP contribution >= 0.6 is 11.3 Å². The Morgan fingerprint density at radius 3 is 2.88 bits per heavy atom. The van der Waals surface area contributed by atoms with Crippen molar-refractivity contribution in [3.05, 3.63) is 36.2 Å². The number of nitrogens with two attached hydrogens (primary N) is 1. The average molecular weight is 245 g/mol. The monoisotopic (exact) mass is 245 g/mol. The zero-order valence-corrected chi connectivity index (χ0v) is 10.1. The molecule has 0 spiro atoms. The normalized spacial score (nSPS) is 13.1. The summed E-state index contributed by atoms with van der Waals surface area (Å²) in [6, 6.07) is 10.0. The van der Waals surface area contributed by atoms with E-state index in [9.17, 15) is 0 Å². The molecule has 0 amide bonds. The summed E-state index contributed by atoms with van der Waals surface area (Å²) in [5, 5.41) is 5.05. The van der Waals surface area contributed by atoms with Crippen molar-refractivity contribution in [3.8, 4) is 10.8 Å². The first-order chi connectivity index (χ1) is 8.24. The van der Waals surface area contributed by atoms with Crippen molar-refractivity contribution in [2.24, 2.45) is 5.73 Å². The minimum absolute atomic E-state index is 0.207. The second-order valence-electron chi connectivity index (χ2n) is 3.89. The van der Waals surface area contributed by atoms with Crippen molar-refractivity contribution in [1.82, 2.24) is 10.1 Å². The molecular formula is C12H11N3OS. The van der Waals surface area contributed by atoms with Crippen molar-refractivity contribution in [2.45, 2.75) is 13.0 Å². The van der Waals surface area contributed by atoms with E-state index in [-0.39, 0.29) is 6.04 Å². The predicted octanol–water partition coefficient (Wildman–Crippen LogP) is 2.97. The summed E-state index contributed by atoms with van der Waals surface area (Å²) in [6.07, 6.45) is 0. The van der Waals surface area contributed by atoms with Gasteiger partial charge in [0.1, 0.15) is 0 Å². The fourth-order valence-electron chi connectivity index (χ4n) is 1.61. The Bertz CT molecular complexity index is 623. The van der Waals surface area contributed by atoms with Crippen LogP contribution in [0.25, 0.3) is 20.9 Å². The van der Waals surface area contributed by atoms with Gasteiger partial charge < -0.3 is 10.3 Å². The molecule has 0 aliphatic carbocycles. The minimum Gasteiger partial charge on any atom is -0.333 e. The Morgan fingerprint density at radius 1 is 1.35 bits per heavy atom. The molecule has 4 nitrogen and oxygen atoms in total. The summed E-state index contributed by atoms with van der Waals surface area (Å²) in [5.74, 6) is 1.08. The van der Waals surface area contributed by atoms with Gasteiger partial charge in [-0.05, 0) is 24.4 Å². The molecular weight excluding hydrogens is 234 g/mol. The number of fused-ring (bicyclic) bond motifs is 1. The Morgan fingerprint density at radius 2 is 2.18 bits per heavy atom. The number of nitrogens with zero attached hydrogens (tertiary/aromatic N) is 2. The first-order valence-electron chi connectivity index (χ1n) is 5.32. The van der Waals surface area contributed by atoms with Gasteiger partial charge in [-0.1, -0.05) is 23.4 Å². The van der Waals surface area contributed by atoms with Crippen molar-refractivity contribution in [3.63, 3.8) is 0 Å². The van der Waals surface area contributed by atoms with Gasteiger partial charge in [0, 0.05) is 4.70 Å². The number of rotatable bonds is 2. The Hall–Kier alpha value is -1.72. The molecule has 0 saturated heterocycles. The number of benzene rings is 1. The number of hydrogen-bond acceptors (Lipinski definition) is 5. The molecule has 3 rings (SSSR count). The second kappa shape index (κ2) is 3.94.